The average molecular weight is 371 g/mol. The molecule has 134 valence electrons. The van der Waals surface area contributed by atoms with Gasteiger partial charge >= 0.3 is 0 Å². The van der Waals surface area contributed by atoms with E-state index < -0.39 is 0 Å². The molecular weight excluding hydrogens is 352 g/mol. The highest BCUT2D eigenvalue weighted by Crippen LogP contribution is 2.38. The number of hydrogen-bond acceptors (Lipinski definition) is 4. The van der Waals surface area contributed by atoms with Crippen LogP contribution in [-0.2, 0) is 4.74 Å². The molecule has 5 nitrogen and oxygen atoms in total. The molecule has 2 aromatic heterocycles. The van der Waals surface area contributed by atoms with Crippen molar-refractivity contribution in [3.05, 3.63) is 53.3 Å². The predicted octanol–water partition coefficient (Wildman–Crippen LogP) is 4.48. The number of hydrogen-bond donors (Lipinski definition) is 0. The van der Waals surface area contributed by atoms with Gasteiger partial charge in [0.2, 0.25) is 0 Å². The van der Waals surface area contributed by atoms with Crippen LogP contribution in [0.5, 0.6) is 11.5 Å². The summed E-state index contributed by atoms with van der Waals surface area (Å²) in [5.41, 5.74) is 4.98. The fraction of sp³-hybridized carbons (Fsp3) is 0.250. The van der Waals surface area contributed by atoms with Gasteiger partial charge in [-0.15, -0.1) is 0 Å². The summed E-state index contributed by atoms with van der Waals surface area (Å²) in [5, 5.41) is 0.522. The molecule has 1 aromatic carbocycles. The van der Waals surface area contributed by atoms with E-state index >= 15 is 0 Å². The monoisotopic (exact) mass is 370 g/mol. The molecule has 3 aromatic rings. The third kappa shape index (κ3) is 3.04. The average Bonchev–Trinajstić information content (AvgIpc) is 3.11. The van der Waals surface area contributed by atoms with E-state index in [4.69, 9.17) is 30.8 Å². The Morgan fingerprint density at radius 2 is 2.00 bits per heavy atom. The maximum absolute atomic E-state index is 6.30. The van der Waals surface area contributed by atoms with Crippen LogP contribution in [-0.4, -0.2) is 36.8 Å². The number of benzene rings is 1. The highest BCUT2D eigenvalue weighted by Gasteiger charge is 2.15. The maximum atomic E-state index is 6.30. The zero-order chi connectivity index (χ0) is 18.1. The minimum atomic E-state index is 0.522. The van der Waals surface area contributed by atoms with Gasteiger partial charge in [-0.2, -0.15) is 0 Å². The standard InChI is InChI=1S/C20H19ClN2O3/c1-24-18-11-19(25-2)16(21)10-15(18)17-12-23-6-3-14(9-20(23)22-17)13-4-7-26-8-5-13/h3-4,6,9-12H,5,7-8H2,1-2H3. The van der Waals surface area contributed by atoms with Gasteiger partial charge in [0, 0.05) is 24.0 Å². The molecule has 0 fully saturated rings. The summed E-state index contributed by atoms with van der Waals surface area (Å²) in [4.78, 5) is 4.77. The van der Waals surface area contributed by atoms with Gasteiger partial charge in [0.25, 0.3) is 0 Å². The summed E-state index contributed by atoms with van der Waals surface area (Å²) >= 11 is 6.30. The Balaban J connectivity index is 1.78. The first kappa shape index (κ1) is 16.9. The van der Waals surface area contributed by atoms with Crippen molar-refractivity contribution in [3.8, 4) is 22.8 Å². The molecule has 0 bridgehead atoms. The zero-order valence-corrected chi connectivity index (χ0v) is 15.4. The van der Waals surface area contributed by atoms with Gasteiger partial charge in [-0.3, -0.25) is 0 Å². The Morgan fingerprint density at radius 3 is 2.73 bits per heavy atom. The van der Waals surface area contributed by atoms with E-state index in [1.54, 1.807) is 20.3 Å². The molecule has 0 aliphatic carbocycles. The van der Waals surface area contributed by atoms with Crippen molar-refractivity contribution < 1.29 is 14.2 Å². The predicted molar refractivity (Wildman–Crippen MR) is 102 cm³/mol. The number of fused-ring (bicyclic) bond motifs is 1. The van der Waals surface area contributed by atoms with Gasteiger partial charge < -0.3 is 18.6 Å². The third-order valence-corrected chi connectivity index (χ3v) is 4.84. The van der Waals surface area contributed by atoms with Gasteiger partial charge in [0.05, 0.1) is 38.1 Å². The summed E-state index contributed by atoms with van der Waals surface area (Å²) in [5.74, 6) is 1.24. The SMILES string of the molecule is COc1cc(OC)c(-c2cn3ccc(C4=CCOCC4)cc3n2)cc1Cl. The van der Waals surface area contributed by atoms with E-state index in [1.807, 2.05) is 22.9 Å². The minimum Gasteiger partial charge on any atom is -0.496 e. The number of nitrogens with zero attached hydrogens (tertiary/aromatic N) is 2. The van der Waals surface area contributed by atoms with Gasteiger partial charge in [-0.1, -0.05) is 17.7 Å². The molecular formula is C20H19ClN2O3. The number of pyridine rings is 1. The molecule has 0 saturated heterocycles. The number of rotatable bonds is 4. The highest BCUT2D eigenvalue weighted by molar-refractivity contribution is 6.32. The first-order valence-electron chi connectivity index (χ1n) is 8.37. The largest absolute Gasteiger partial charge is 0.496 e. The third-order valence-electron chi connectivity index (χ3n) is 4.54. The van der Waals surface area contributed by atoms with E-state index in [-0.39, 0.29) is 0 Å². The molecule has 1 aliphatic heterocycles. The summed E-state index contributed by atoms with van der Waals surface area (Å²) < 4.78 is 18.2. The fourth-order valence-corrected chi connectivity index (χ4v) is 3.40. The van der Waals surface area contributed by atoms with Crippen LogP contribution in [0.1, 0.15) is 12.0 Å². The Morgan fingerprint density at radius 1 is 1.15 bits per heavy atom. The Labute approximate surface area is 156 Å². The molecule has 0 radical (unpaired) electrons. The van der Waals surface area contributed by atoms with Crippen molar-refractivity contribution in [2.45, 2.75) is 6.42 Å². The summed E-state index contributed by atoms with van der Waals surface area (Å²) in [6, 6.07) is 7.80. The van der Waals surface area contributed by atoms with Crippen LogP contribution in [0, 0.1) is 0 Å². The first-order chi connectivity index (χ1) is 12.7. The van der Waals surface area contributed by atoms with E-state index in [0.29, 0.717) is 23.1 Å². The lowest BCUT2D eigenvalue weighted by Gasteiger charge is -2.13. The van der Waals surface area contributed by atoms with E-state index in [2.05, 4.69) is 18.2 Å². The summed E-state index contributed by atoms with van der Waals surface area (Å²) in [7, 11) is 3.20. The van der Waals surface area contributed by atoms with Crippen molar-refractivity contribution in [1.29, 1.82) is 0 Å². The number of halogens is 1. The lowest BCUT2D eigenvalue weighted by molar-refractivity contribution is 0.161. The number of aromatic nitrogens is 2. The Hall–Kier alpha value is -2.50. The van der Waals surface area contributed by atoms with Crippen LogP contribution in [0.25, 0.3) is 22.5 Å². The smallest absolute Gasteiger partial charge is 0.141 e. The zero-order valence-electron chi connectivity index (χ0n) is 14.7. The number of imidazole rings is 1. The quantitative estimate of drug-likeness (QED) is 0.679. The van der Waals surface area contributed by atoms with Gasteiger partial charge in [0.15, 0.2) is 0 Å². The minimum absolute atomic E-state index is 0.522. The highest BCUT2D eigenvalue weighted by atomic mass is 35.5. The number of methoxy groups -OCH3 is 2. The van der Waals surface area contributed by atoms with Gasteiger partial charge in [-0.05, 0) is 35.8 Å². The van der Waals surface area contributed by atoms with Crippen LogP contribution in [0.3, 0.4) is 0 Å². The van der Waals surface area contributed by atoms with E-state index in [0.717, 1.165) is 29.9 Å². The second-order valence-electron chi connectivity index (χ2n) is 6.05. The molecule has 0 atom stereocenters. The molecule has 0 unspecified atom stereocenters. The maximum Gasteiger partial charge on any atom is 0.141 e. The van der Waals surface area contributed by atoms with Crippen LogP contribution in [0.2, 0.25) is 5.02 Å². The van der Waals surface area contributed by atoms with Gasteiger partial charge in [-0.25, -0.2) is 4.98 Å². The lowest BCUT2D eigenvalue weighted by Crippen LogP contribution is -2.03. The van der Waals surface area contributed by atoms with Crippen LogP contribution >= 0.6 is 11.6 Å². The molecule has 0 saturated carbocycles. The topological polar surface area (TPSA) is 45.0 Å². The van der Waals surface area contributed by atoms with Crippen molar-refractivity contribution >= 4 is 22.8 Å². The van der Waals surface area contributed by atoms with Crippen molar-refractivity contribution in [1.82, 2.24) is 9.38 Å². The molecule has 1 aliphatic rings. The van der Waals surface area contributed by atoms with Crippen LogP contribution < -0.4 is 9.47 Å². The lowest BCUT2D eigenvalue weighted by atomic mass is 10.0. The van der Waals surface area contributed by atoms with Gasteiger partial charge in [0.1, 0.15) is 17.1 Å². The molecule has 0 N–H and O–H groups in total. The first-order valence-corrected chi connectivity index (χ1v) is 8.75. The van der Waals surface area contributed by atoms with Crippen molar-refractivity contribution in [2.75, 3.05) is 27.4 Å². The van der Waals surface area contributed by atoms with E-state index in [1.165, 1.54) is 11.1 Å². The molecule has 3 heterocycles. The Bertz CT molecular complexity index is 994. The van der Waals surface area contributed by atoms with Crippen molar-refractivity contribution in [3.63, 3.8) is 0 Å². The summed E-state index contributed by atoms with van der Waals surface area (Å²) in [6.07, 6.45) is 7.05. The van der Waals surface area contributed by atoms with E-state index in [9.17, 15) is 0 Å². The Kier molecular flexibility index (Phi) is 4.57. The molecule has 4 rings (SSSR count). The van der Waals surface area contributed by atoms with Crippen LogP contribution in [0.4, 0.5) is 0 Å². The second-order valence-corrected chi connectivity index (χ2v) is 6.46. The van der Waals surface area contributed by atoms with Crippen LogP contribution in [0.15, 0.2) is 42.7 Å². The molecule has 26 heavy (non-hydrogen) atoms. The second kappa shape index (κ2) is 7.02. The molecule has 0 amide bonds. The number of ether oxygens (including phenoxy) is 3. The molecule has 0 spiro atoms. The summed E-state index contributed by atoms with van der Waals surface area (Å²) in [6.45, 7) is 1.43. The normalized spacial score (nSPS) is 14.3. The molecule has 6 heteroatoms. The van der Waals surface area contributed by atoms with Crippen molar-refractivity contribution in [2.24, 2.45) is 0 Å². The fourth-order valence-electron chi connectivity index (χ4n) is 3.16.